The zero-order valence-electron chi connectivity index (χ0n) is 12.8. The Kier molecular flexibility index (Phi) is 6.12. The Morgan fingerprint density at radius 3 is 2.70 bits per heavy atom. The molecule has 0 aromatic heterocycles. The quantitative estimate of drug-likeness (QED) is 0.452. The van der Waals surface area contributed by atoms with Gasteiger partial charge in [-0.15, -0.1) is 0 Å². The number of ether oxygens (including phenoxy) is 2. The van der Waals surface area contributed by atoms with Crippen molar-refractivity contribution < 1.29 is 19.1 Å². The highest BCUT2D eigenvalue weighted by molar-refractivity contribution is 8.16. The van der Waals surface area contributed by atoms with Gasteiger partial charge in [0.25, 0.3) is 0 Å². The molecule has 0 atom stereocenters. The van der Waals surface area contributed by atoms with Crippen molar-refractivity contribution >= 4 is 51.2 Å². The Morgan fingerprint density at radius 1 is 1.26 bits per heavy atom. The first-order valence-corrected chi connectivity index (χ1v) is 8.30. The SMILES string of the molecule is CCOC(=O)Cc1ccc2cc(OC)ccc2c1SC(=O)C=S. The number of thiocarbonyl (C=S) groups is 1. The predicted octanol–water partition coefficient (Wildman–Crippen LogP) is 3.57. The Bertz CT molecular complexity index is 756. The second-order valence-corrected chi connectivity index (χ2v) is 5.91. The van der Waals surface area contributed by atoms with Gasteiger partial charge in [0.05, 0.1) is 25.5 Å². The molecule has 0 saturated heterocycles. The van der Waals surface area contributed by atoms with Gasteiger partial charge in [-0.2, -0.15) is 0 Å². The fourth-order valence-electron chi connectivity index (χ4n) is 2.20. The van der Waals surface area contributed by atoms with Gasteiger partial charge in [-0.25, -0.2) is 0 Å². The molecule has 0 aliphatic carbocycles. The van der Waals surface area contributed by atoms with E-state index in [0.717, 1.165) is 44.1 Å². The minimum atomic E-state index is -0.322. The van der Waals surface area contributed by atoms with Gasteiger partial charge < -0.3 is 9.47 Å². The van der Waals surface area contributed by atoms with Crippen LogP contribution in [0.4, 0.5) is 0 Å². The van der Waals surface area contributed by atoms with Gasteiger partial charge in [0.15, 0.2) is 0 Å². The van der Waals surface area contributed by atoms with Crippen LogP contribution < -0.4 is 4.74 Å². The summed E-state index contributed by atoms with van der Waals surface area (Å²) in [6.45, 7) is 2.08. The van der Waals surface area contributed by atoms with E-state index in [2.05, 4.69) is 0 Å². The number of thioether (sulfide) groups is 1. The highest BCUT2D eigenvalue weighted by Gasteiger charge is 2.15. The molecule has 23 heavy (non-hydrogen) atoms. The van der Waals surface area contributed by atoms with Crippen LogP contribution in [-0.2, 0) is 20.7 Å². The summed E-state index contributed by atoms with van der Waals surface area (Å²) >= 11 is 5.73. The van der Waals surface area contributed by atoms with Crippen molar-refractivity contribution in [3.8, 4) is 5.75 Å². The van der Waals surface area contributed by atoms with Crippen LogP contribution >= 0.6 is 24.0 Å². The molecule has 0 N–H and O–H groups in total. The van der Waals surface area contributed by atoms with E-state index >= 15 is 0 Å². The van der Waals surface area contributed by atoms with Crippen molar-refractivity contribution in [3.63, 3.8) is 0 Å². The lowest BCUT2D eigenvalue weighted by Crippen LogP contribution is -2.09. The molecule has 0 spiro atoms. The van der Waals surface area contributed by atoms with Crippen molar-refractivity contribution in [2.75, 3.05) is 13.7 Å². The van der Waals surface area contributed by atoms with Crippen LogP contribution in [-0.4, -0.2) is 30.2 Å². The van der Waals surface area contributed by atoms with Gasteiger partial charge in [-0.05, 0) is 53.2 Å². The van der Waals surface area contributed by atoms with Gasteiger partial charge in [0.2, 0.25) is 5.12 Å². The lowest BCUT2D eigenvalue weighted by molar-refractivity contribution is -0.142. The molecule has 0 bridgehead atoms. The van der Waals surface area contributed by atoms with Crippen LogP contribution in [0.1, 0.15) is 12.5 Å². The zero-order chi connectivity index (χ0) is 16.8. The summed E-state index contributed by atoms with van der Waals surface area (Å²) in [5.41, 5.74) is 0.747. The minimum Gasteiger partial charge on any atom is -0.497 e. The summed E-state index contributed by atoms with van der Waals surface area (Å²) in [4.78, 5) is 24.3. The van der Waals surface area contributed by atoms with Crippen LogP contribution in [0.3, 0.4) is 0 Å². The lowest BCUT2D eigenvalue weighted by Gasteiger charge is -2.12. The minimum absolute atomic E-state index is 0.114. The molecule has 0 amide bonds. The van der Waals surface area contributed by atoms with Gasteiger partial charge in [-0.3, -0.25) is 9.59 Å². The first-order chi connectivity index (χ1) is 11.1. The van der Waals surface area contributed by atoms with Crippen LogP contribution in [0.5, 0.6) is 5.75 Å². The summed E-state index contributed by atoms with van der Waals surface area (Å²) in [7, 11) is 1.60. The lowest BCUT2D eigenvalue weighted by atomic mass is 10.0. The molecule has 0 fully saturated rings. The number of fused-ring (bicyclic) bond motifs is 1. The number of hydrogen-bond donors (Lipinski definition) is 0. The second-order valence-electron chi connectivity index (χ2n) is 4.66. The van der Waals surface area contributed by atoms with Gasteiger partial charge in [-0.1, -0.05) is 24.4 Å². The number of esters is 1. The maximum atomic E-state index is 11.8. The monoisotopic (exact) mass is 348 g/mol. The third-order valence-corrected chi connectivity index (χ3v) is 4.57. The van der Waals surface area contributed by atoms with Crippen molar-refractivity contribution in [1.82, 2.24) is 0 Å². The average molecular weight is 348 g/mol. The molecule has 2 aromatic carbocycles. The van der Waals surface area contributed by atoms with Crippen LogP contribution in [0.15, 0.2) is 35.2 Å². The molecule has 0 aliphatic heterocycles. The third-order valence-electron chi connectivity index (χ3n) is 3.20. The fraction of sp³-hybridized carbons (Fsp3) is 0.235. The number of carbonyl (C=O) groups excluding carboxylic acids is 2. The van der Waals surface area contributed by atoms with E-state index in [1.807, 2.05) is 30.3 Å². The van der Waals surface area contributed by atoms with Crippen molar-refractivity contribution in [2.24, 2.45) is 0 Å². The Labute approximate surface area is 144 Å². The molecule has 2 aromatic rings. The van der Waals surface area contributed by atoms with Crippen molar-refractivity contribution in [1.29, 1.82) is 0 Å². The highest BCUT2D eigenvalue weighted by atomic mass is 32.2. The van der Waals surface area contributed by atoms with E-state index in [1.165, 1.54) is 0 Å². The molecule has 120 valence electrons. The Balaban J connectivity index is 2.52. The predicted molar refractivity (Wildman–Crippen MR) is 95.4 cm³/mol. The smallest absolute Gasteiger partial charge is 0.310 e. The Hall–Kier alpha value is -1.92. The summed E-state index contributed by atoms with van der Waals surface area (Å²) in [6, 6.07) is 9.32. The largest absolute Gasteiger partial charge is 0.497 e. The van der Waals surface area contributed by atoms with Crippen LogP contribution in [0.2, 0.25) is 0 Å². The summed E-state index contributed by atoms with van der Waals surface area (Å²) in [5.74, 6) is 0.407. The van der Waals surface area contributed by atoms with E-state index in [4.69, 9.17) is 21.7 Å². The Morgan fingerprint density at radius 2 is 2.04 bits per heavy atom. The van der Waals surface area contributed by atoms with Crippen LogP contribution in [0.25, 0.3) is 10.8 Å². The first-order valence-electron chi connectivity index (χ1n) is 7.01. The van der Waals surface area contributed by atoms with E-state index in [9.17, 15) is 9.59 Å². The molecule has 0 heterocycles. The van der Waals surface area contributed by atoms with Crippen molar-refractivity contribution in [3.05, 3.63) is 35.9 Å². The standard InChI is InChI=1S/C17H16O4S2/c1-3-21-15(18)9-12-5-4-11-8-13(20-2)6-7-14(11)17(12)23-16(19)10-22/h4-8,10H,3,9H2,1-2H3. The molecule has 4 nitrogen and oxygen atoms in total. The van der Waals surface area contributed by atoms with Crippen molar-refractivity contribution in [2.45, 2.75) is 18.2 Å². The molecule has 2 rings (SSSR count). The molecular formula is C17H16O4S2. The van der Waals surface area contributed by atoms with E-state index < -0.39 is 0 Å². The third kappa shape index (κ3) is 4.30. The number of carbonyl (C=O) groups is 2. The normalized spacial score (nSPS) is 10.3. The zero-order valence-corrected chi connectivity index (χ0v) is 14.5. The fourth-order valence-corrected chi connectivity index (χ4v) is 3.16. The topological polar surface area (TPSA) is 52.6 Å². The second kappa shape index (κ2) is 8.08. The highest BCUT2D eigenvalue weighted by Crippen LogP contribution is 2.34. The van der Waals surface area contributed by atoms with Gasteiger partial charge >= 0.3 is 5.97 Å². The van der Waals surface area contributed by atoms with E-state index in [-0.39, 0.29) is 17.5 Å². The summed E-state index contributed by atoms with van der Waals surface area (Å²) < 4.78 is 10.2. The molecule has 0 aliphatic rings. The van der Waals surface area contributed by atoms with E-state index in [0.29, 0.717) is 6.61 Å². The number of benzene rings is 2. The maximum absolute atomic E-state index is 11.8. The molecule has 0 radical (unpaired) electrons. The molecule has 0 unspecified atom stereocenters. The van der Waals surface area contributed by atoms with Gasteiger partial charge in [0, 0.05) is 4.90 Å². The van der Waals surface area contributed by atoms with E-state index in [1.54, 1.807) is 14.0 Å². The molecular weight excluding hydrogens is 332 g/mol. The summed E-state index contributed by atoms with van der Waals surface area (Å²) in [6.07, 6.45) is 0.114. The maximum Gasteiger partial charge on any atom is 0.310 e. The van der Waals surface area contributed by atoms with Crippen LogP contribution in [0, 0.1) is 0 Å². The average Bonchev–Trinajstić information content (AvgIpc) is 2.56. The number of rotatable bonds is 6. The summed E-state index contributed by atoms with van der Waals surface area (Å²) in [5, 5.41) is 2.66. The number of methoxy groups -OCH3 is 1. The van der Waals surface area contributed by atoms with Gasteiger partial charge in [0.1, 0.15) is 5.75 Å². The number of hydrogen-bond acceptors (Lipinski definition) is 6. The molecule has 6 heteroatoms. The molecule has 0 saturated carbocycles. The first kappa shape index (κ1) is 17.4.